The summed E-state index contributed by atoms with van der Waals surface area (Å²) in [6.45, 7) is 10.3. The smallest absolute Gasteiger partial charge is 0.0965 e. The molecule has 1 fully saturated rings. The Hall–Kier alpha value is -0.450. The second kappa shape index (κ2) is 6.64. The minimum atomic E-state index is 0.551. The normalized spacial score (nSPS) is 27.3. The quantitative estimate of drug-likeness (QED) is 0.889. The molecule has 0 aliphatic carbocycles. The van der Waals surface area contributed by atoms with Gasteiger partial charge in [-0.2, -0.15) is 0 Å². The standard InChI is InChI=1S/C14H25N3S/c1-4-12-10-17(13(5-2)8-16-12)9-11(3)14-15-6-7-18-14/h6-7,11-13,16H,4-5,8-10H2,1-3H3. The largest absolute Gasteiger partial charge is 0.311 e. The average Bonchev–Trinajstić information content (AvgIpc) is 2.92. The molecule has 0 spiro atoms. The minimum absolute atomic E-state index is 0.551. The number of nitrogens with zero attached hydrogens (tertiary/aromatic N) is 2. The lowest BCUT2D eigenvalue weighted by atomic mass is 10.0. The number of rotatable bonds is 5. The molecular weight excluding hydrogens is 242 g/mol. The van der Waals surface area contributed by atoms with Gasteiger partial charge >= 0.3 is 0 Å². The molecule has 0 saturated carbocycles. The lowest BCUT2D eigenvalue weighted by molar-refractivity contribution is 0.119. The van der Waals surface area contributed by atoms with Crippen molar-refractivity contribution in [2.24, 2.45) is 0 Å². The van der Waals surface area contributed by atoms with Gasteiger partial charge < -0.3 is 5.32 Å². The molecule has 1 aliphatic heterocycles. The Morgan fingerprint density at radius 1 is 1.50 bits per heavy atom. The molecule has 1 N–H and O–H groups in total. The van der Waals surface area contributed by atoms with Gasteiger partial charge in [0.2, 0.25) is 0 Å². The first-order chi connectivity index (χ1) is 8.74. The van der Waals surface area contributed by atoms with Gasteiger partial charge in [0.05, 0.1) is 5.01 Å². The Kier molecular flexibility index (Phi) is 5.15. The van der Waals surface area contributed by atoms with Crippen LogP contribution in [0.3, 0.4) is 0 Å². The molecule has 3 unspecified atom stereocenters. The fourth-order valence-corrected chi connectivity index (χ4v) is 3.43. The van der Waals surface area contributed by atoms with E-state index in [4.69, 9.17) is 0 Å². The van der Waals surface area contributed by atoms with Crippen LogP contribution in [0.4, 0.5) is 0 Å². The van der Waals surface area contributed by atoms with E-state index in [0.717, 1.165) is 13.1 Å². The molecule has 3 atom stereocenters. The number of piperazine rings is 1. The maximum absolute atomic E-state index is 4.45. The summed E-state index contributed by atoms with van der Waals surface area (Å²) in [5.41, 5.74) is 0. The van der Waals surface area contributed by atoms with Crippen molar-refractivity contribution in [2.75, 3.05) is 19.6 Å². The Morgan fingerprint density at radius 2 is 2.33 bits per heavy atom. The van der Waals surface area contributed by atoms with Crippen LogP contribution in [0.1, 0.15) is 44.5 Å². The maximum atomic E-state index is 4.45. The monoisotopic (exact) mass is 267 g/mol. The average molecular weight is 267 g/mol. The fraction of sp³-hybridized carbons (Fsp3) is 0.786. The number of thiazole rings is 1. The first-order valence-electron chi connectivity index (χ1n) is 7.11. The lowest BCUT2D eigenvalue weighted by Gasteiger charge is -2.41. The number of hydrogen-bond acceptors (Lipinski definition) is 4. The molecule has 1 aromatic rings. The van der Waals surface area contributed by atoms with E-state index in [1.807, 2.05) is 6.20 Å². The molecule has 0 bridgehead atoms. The van der Waals surface area contributed by atoms with E-state index in [2.05, 4.69) is 41.4 Å². The predicted molar refractivity (Wildman–Crippen MR) is 78.3 cm³/mol. The third kappa shape index (κ3) is 3.31. The van der Waals surface area contributed by atoms with Crippen LogP contribution < -0.4 is 5.32 Å². The second-order valence-corrected chi connectivity index (χ2v) is 6.23. The van der Waals surface area contributed by atoms with Gasteiger partial charge in [0.15, 0.2) is 0 Å². The van der Waals surface area contributed by atoms with Crippen molar-refractivity contribution in [3.8, 4) is 0 Å². The minimum Gasteiger partial charge on any atom is -0.311 e. The van der Waals surface area contributed by atoms with Crippen molar-refractivity contribution in [1.82, 2.24) is 15.2 Å². The molecule has 1 aromatic heterocycles. The zero-order valence-corrected chi connectivity index (χ0v) is 12.5. The van der Waals surface area contributed by atoms with Crippen molar-refractivity contribution in [2.45, 2.75) is 51.6 Å². The van der Waals surface area contributed by atoms with Gasteiger partial charge in [0.1, 0.15) is 0 Å². The number of aromatic nitrogens is 1. The van der Waals surface area contributed by atoms with Crippen LogP contribution in [0.25, 0.3) is 0 Å². The van der Waals surface area contributed by atoms with Crippen LogP contribution in [0.15, 0.2) is 11.6 Å². The molecule has 2 rings (SSSR count). The second-order valence-electron chi connectivity index (χ2n) is 5.30. The molecule has 0 aromatic carbocycles. The van der Waals surface area contributed by atoms with Crippen molar-refractivity contribution in [3.05, 3.63) is 16.6 Å². The molecule has 3 nitrogen and oxygen atoms in total. The number of nitrogens with one attached hydrogen (secondary N) is 1. The third-order valence-electron chi connectivity index (χ3n) is 3.96. The van der Waals surface area contributed by atoms with E-state index in [0.29, 0.717) is 18.0 Å². The summed E-state index contributed by atoms with van der Waals surface area (Å²) in [5, 5.41) is 7.01. The Balaban J connectivity index is 1.96. The first kappa shape index (κ1) is 14.0. The first-order valence-corrected chi connectivity index (χ1v) is 7.99. The highest BCUT2D eigenvalue weighted by Crippen LogP contribution is 2.22. The highest BCUT2D eigenvalue weighted by atomic mass is 32.1. The highest BCUT2D eigenvalue weighted by molar-refractivity contribution is 7.09. The molecule has 0 radical (unpaired) electrons. The van der Waals surface area contributed by atoms with Crippen LogP contribution in [-0.4, -0.2) is 41.6 Å². The Bertz CT molecular complexity index is 339. The lowest BCUT2D eigenvalue weighted by Crippen LogP contribution is -2.56. The van der Waals surface area contributed by atoms with E-state index in [-0.39, 0.29) is 0 Å². The van der Waals surface area contributed by atoms with Crippen molar-refractivity contribution < 1.29 is 0 Å². The molecule has 4 heteroatoms. The van der Waals surface area contributed by atoms with Crippen LogP contribution >= 0.6 is 11.3 Å². The van der Waals surface area contributed by atoms with Crippen LogP contribution in [-0.2, 0) is 0 Å². The topological polar surface area (TPSA) is 28.2 Å². The van der Waals surface area contributed by atoms with Gasteiger partial charge in [-0.1, -0.05) is 20.8 Å². The summed E-state index contributed by atoms with van der Waals surface area (Å²) < 4.78 is 0. The third-order valence-corrected chi connectivity index (χ3v) is 4.97. The number of hydrogen-bond donors (Lipinski definition) is 1. The molecule has 0 amide bonds. The van der Waals surface area contributed by atoms with Crippen LogP contribution in [0.5, 0.6) is 0 Å². The molecule has 2 heterocycles. The zero-order valence-electron chi connectivity index (χ0n) is 11.7. The predicted octanol–water partition coefficient (Wildman–Crippen LogP) is 2.71. The SMILES string of the molecule is CCC1CN(CC(C)c2nccs2)C(CC)CN1. The molecule has 1 aliphatic rings. The maximum Gasteiger partial charge on any atom is 0.0965 e. The van der Waals surface area contributed by atoms with Crippen molar-refractivity contribution in [3.63, 3.8) is 0 Å². The van der Waals surface area contributed by atoms with Gasteiger partial charge in [-0.15, -0.1) is 11.3 Å². The van der Waals surface area contributed by atoms with E-state index in [1.165, 1.54) is 24.4 Å². The molecule has 1 saturated heterocycles. The summed E-state index contributed by atoms with van der Waals surface area (Å²) in [6, 6.07) is 1.35. The van der Waals surface area contributed by atoms with Gasteiger partial charge in [-0.3, -0.25) is 4.90 Å². The van der Waals surface area contributed by atoms with E-state index >= 15 is 0 Å². The van der Waals surface area contributed by atoms with Gasteiger partial charge in [0, 0.05) is 49.2 Å². The fourth-order valence-electron chi connectivity index (χ4n) is 2.74. The summed E-state index contributed by atoms with van der Waals surface area (Å²) in [7, 11) is 0. The Morgan fingerprint density at radius 3 is 2.94 bits per heavy atom. The molecular formula is C14H25N3S. The van der Waals surface area contributed by atoms with Crippen molar-refractivity contribution in [1.29, 1.82) is 0 Å². The summed E-state index contributed by atoms with van der Waals surface area (Å²) >= 11 is 1.78. The van der Waals surface area contributed by atoms with E-state index in [1.54, 1.807) is 11.3 Å². The molecule has 102 valence electrons. The Labute approximate surface area is 115 Å². The van der Waals surface area contributed by atoms with Gasteiger partial charge in [0.25, 0.3) is 0 Å². The summed E-state index contributed by atoms with van der Waals surface area (Å²) in [6.07, 6.45) is 4.37. The summed E-state index contributed by atoms with van der Waals surface area (Å²) in [5.74, 6) is 0.551. The van der Waals surface area contributed by atoms with Crippen LogP contribution in [0, 0.1) is 0 Å². The zero-order chi connectivity index (χ0) is 13.0. The molecule has 18 heavy (non-hydrogen) atoms. The van der Waals surface area contributed by atoms with E-state index in [9.17, 15) is 0 Å². The highest BCUT2D eigenvalue weighted by Gasteiger charge is 2.27. The van der Waals surface area contributed by atoms with Gasteiger partial charge in [-0.25, -0.2) is 4.98 Å². The van der Waals surface area contributed by atoms with Crippen molar-refractivity contribution >= 4 is 11.3 Å². The van der Waals surface area contributed by atoms with Crippen LogP contribution in [0.2, 0.25) is 0 Å². The van der Waals surface area contributed by atoms with Gasteiger partial charge in [-0.05, 0) is 12.8 Å². The summed E-state index contributed by atoms with van der Waals surface area (Å²) in [4.78, 5) is 7.11. The van der Waals surface area contributed by atoms with E-state index < -0.39 is 0 Å².